The van der Waals surface area contributed by atoms with Crippen molar-refractivity contribution in [1.29, 1.82) is 0 Å². The van der Waals surface area contributed by atoms with Gasteiger partial charge in [0.1, 0.15) is 10.6 Å². The number of carbonyl (C=O) groups is 2. The minimum Gasteiger partial charge on any atom is -0.462 e. The van der Waals surface area contributed by atoms with Crippen molar-refractivity contribution < 1.29 is 32.4 Å². The van der Waals surface area contributed by atoms with Crippen molar-refractivity contribution >= 4 is 43.2 Å². The minimum absolute atomic E-state index is 0.0276. The van der Waals surface area contributed by atoms with Crippen molar-refractivity contribution in [3.63, 3.8) is 0 Å². The average molecular weight is 469 g/mol. The standard InChI is InChI=1S/C18H19N3O8S2/c1-2-29-18(23)14-11-15(21(24)25)30-17(14)19-16(22)12-3-5-13(6-4-12)31(26,27)20-7-9-28-10-8-20/h3-6,11H,2,7-10H2,1H3,(H,19,22). The Balaban J connectivity index is 1.80. The molecular weight excluding hydrogens is 450 g/mol. The molecule has 1 fully saturated rings. The molecule has 0 aliphatic carbocycles. The molecule has 0 unspecified atom stereocenters. The molecule has 0 atom stereocenters. The molecule has 1 amide bonds. The van der Waals surface area contributed by atoms with Crippen molar-refractivity contribution in [3.8, 4) is 0 Å². The summed E-state index contributed by atoms with van der Waals surface area (Å²) in [6.07, 6.45) is 0. The maximum absolute atomic E-state index is 12.7. The Kier molecular flexibility index (Phi) is 7.00. The van der Waals surface area contributed by atoms with E-state index in [2.05, 4.69) is 5.32 Å². The summed E-state index contributed by atoms with van der Waals surface area (Å²) in [5, 5.41) is 13.2. The fourth-order valence-corrected chi connectivity index (χ4v) is 5.08. The Morgan fingerprint density at radius 1 is 1.26 bits per heavy atom. The van der Waals surface area contributed by atoms with Gasteiger partial charge in [-0.1, -0.05) is 0 Å². The maximum atomic E-state index is 12.7. The summed E-state index contributed by atoms with van der Waals surface area (Å²) >= 11 is 0.625. The largest absolute Gasteiger partial charge is 0.462 e. The normalized spacial score (nSPS) is 14.7. The first-order valence-electron chi connectivity index (χ1n) is 9.18. The lowest BCUT2D eigenvalue weighted by molar-refractivity contribution is -0.380. The van der Waals surface area contributed by atoms with E-state index in [1.165, 1.54) is 28.6 Å². The van der Waals surface area contributed by atoms with Crippen LogP contribution in [0.25, 0.3) is 0 Å². The second-order valence-corrected chi connectivity index (χ2v) is 9.27. The average Bonchev–Trinajstić information content (AvgIpc) is 3.19. The molecule has 0 saturated carbocycles. The van der Waals surface area contributed by atoms with Crippen LogP contribution in [0.15, 0.2) is 35.2 Å². The number of nitrogens with one attached hydrogen (secondary N) is 1. The number of esters is 1. The Bertz CT molecular complexity index is 1090. The van der Waals surface area contributed by atoms with Crippen LogP contribution in [-0.4, -0.2) is 62.4 Å². The fourth-order valence-electron chi connectivity index (χ4n) is 2.81. The van der Waals surface area contributed by atoms with Gasteiger partial charge in [-0.05, 0) is 42.5 Å². The van der Waals surface area contributed by atoms with E-state index >= 15 is 0 Å². The second-order valence-electron chi connectivity index (χ2n) is 6.30. The predicted molar refractivity (Wildman–Crippen MR) is 111 cm³/mol. The quantitative estimate of drug-likeness (QED) is 0.369. The maximum Gasteiger partial charge on any atom is 0.341 e. The number of hydrogen-bond donors (Lipinski definition) is 1. The summed E-state index contributed by atoms with van der Waals surface area (Å²) in [6.45, 7) is 2.78. The Labute approximate surface area is 181 Å². The van der Waals surface area contributed by atoms with Crippen molar-refractivity contribution in [3.05, 3.63) is 51.6 Å². The van der Waals surface area contributed by atoms with Gasteiger partial charge in [0.2, 0.25) is 10.0 Å². The highest BCUT2D eigenvalue weighted by molar-refractivity contribution is 7.89. The summed E-state index contributed by atoms with van der Waals surface area (Å²) in [4.78, 5) is 35.0. The van der Waals surface area contributed by atoms with Crippen molar-refractivity contribution in [2.45, 2.75) is 11.8 Å². The highest BCUT2D eigenvalue weighted by Gasteiger charge is 2.27. The number of ether oxygens (including phenoxy) is 2. The molecule has 1 aromatic carbocycles. The number of thiophene rings is 1. The monoisotopic (exact) mass is 469 g/mol. The van der Waals surface area contributed by atoms with Crippen LogP contribution < -0.4 is 5.32 Å². The van der Waals surface area contributed by atoms with Crippen LogP contribution in [0.3, 0.4) is 0 Å². The molecule has 2 aromatic rings. The smallest absolute Gasteiger partial charge is 0.341 e. The first-order chi connectivity index (χ1) is 14.7. The third-order valence-corrected chi connectivity index (χ3v) is 7.26. The van der Waals surface area contributed by atoms with Crippen molar-refractivity contribution in [1.82, 2.24) is 4.31 Å². The zero-order valence-electron chi connectivity index (χ0n) is 16.4. The number of benzene rings is 1. The molecule has 11 nitrogen and oxygen atoms in total. The first kappa shape index (κ1) is 22.8. The molecule has 31 heavy (non-hydrogen) atoms. The van der Waals surface area contributed by atoms with Crippen LogP contribution in [0, 0.1) is 10.1 Å². The Hall–Kier alpha value is -2.87. The van der Waals surface area contributed by atoms with Gasteiger partial charge in [0, 0.05) is 24.7 Å². The molecule has 0 bridgehead atoms. The van der Waals surface area contributed by atoms with Gasteiger partial charge in [0.25, 0.3) is 5.91 Å². The number of morpholine rings is 1. The molecule has 1 N–H and O–H groups in total. The first-order valence-corrected chi connectivity index (χ1v) is 11.4. The van der Waals surface area contributed by atoms with Crippen LogP contribution in [0.5, 0.6) is 0 Å². The summed E-state index contributed by atoms with van der Waals surface area (Å²) in [5.74, 6) is -1.45. The number of nitro groups is 1. The van der Waals surface area contributed by atoms with Gasteiger partial charge in [-0.15, -0.1) is 0 Å². The Morgan fingerprint density at radius 3 is 2.48 bits per heavy atom. The van der Waals surface area contributed by atoms with Crippen molar-refractivity contribution in [2.24, 2.45) is 0 Å². The number of carbonyl (C=O) groups excluding carboxylic acids is 2. The number of hydrogen-bond acceptors (Lipinski definition) is 9. The van der Waals surface area contributed by atoms with Crippen LogP contribution in [-0.2, 0) is 19.5 Å². The van der Waals surface area contributed by atoms with E-state index in [9.17, 15) is 28.1 Å². The van der Waals surface area contributed by atoms with Gasteiger partial charge in [0.15, 0.2) is 0 Å². The zero-order chi connectivity index (χ0) is 22.6. The highest BCUT2D eigenvalue weighted by Crippen LogP contribution is 2.34. The molecule has 0 spiro atoms. The lowest BCUT2D eigenvalue weighted by Crippen LogP contribution is -2.40. The van der Waals surface area contributed by atoms with E-state index < -0.39 is 26.8 Å². The number of rotatable bonds is 7. The second kappa shape index (κ2) is 9.51. The molecule has 1 aromatic heterocycles. The molecule has 3 rings (SSSR count). The molecule has 13 heteroatoms. The van der Waals surface area contributed by atoms with Crippen LogP contribution in [0.4, 0.5) is 10.0 Å². The number of nitrogens with zero attached hydrogens (tertiary/aromatic N) is 2. The lowest BCUT2D eigenvalue weighted by Gasteiger charge is -2.26. The molecule has 166 valence electrons. The van der Waals surface area contributed by atoms with Gasteiger partial charge in [0.05, 0.1) is 29.6 Å². The highest BCUT2D eigenvalue weighted by atomic mass is 32.2. The number of amides is 1. The minimum atomic E-state index is -3.71. The molecule has 2 heterocycles. The zero-order valence-corrected chi connectivity index (χ0v) is 18.0. The predicted octanol–water partition coefficient (Wildman–Crippen LogP) is 2.11. The Morgan fingerprint density at radius 2 is 1.90 bits per heavy atom. The van der Waals surface area contributed by atoms with Gasteiger partial charge in [-0.2, -0.15) is 4.31 Å². The van der Waals surface area contributed by atoms with Crippen molar-refractivity contribution in [2.75, 3.05) is 38.2 Å². The van der Waals surface area contributed by atoms with Gasteiger partial charge < -0.3 is 14.8 Å². The molecule has 1 aliphatic heterocycles. The fraction of sp³-hybridized carbons (Fsp3) is 0.333. The number of sulfonamides is 1. The van der Waals surface area contributed by atoms with E-state index in [4.69, 9.17) is 9.47 Å². The summed E-state index contributed by atoms with van der Waals surface area (Å²) < 4.78 is 36.7. The summed E-state index contributed by atoms with van der Waals surface area (Å²) in [7, 11) is -3.71. The molecule has 0 radical (unpaired) electrons. The SMILES string of the molecule is CCOC(=O)c1cc([N+](=O)[O-])sc1NC(=O)c1ccc(S(=O)(=O)N2CCOCC2)cc1. The van der Waals surface area contributed by atoms with Crippen LogP contribution in [0.2, 0.25) is 0 Å². The third kappa shape index (κ3) is 5.07. The molecule has 1 aliphatic rings. The van der Waals surface area contributed by atoms with E-state index in [1.807, 2.05) is 0 Å². The lowest BCUT2D eigenvalue weighted by atomic mass is 10.2. The summed E-state index contributed by atoms with van der Waals surface area (Å²) in [5.41, 5.74) is -0.00907. The van der Waals surface area contributed by atoms with Gasteiger partial charge >= 0.3 is 11.0 Å². The van der Waals surface area contributed by atoms with Crippen LogP contribution in [0.1, 0.15) is 27.6 Å². The molecule has 1 saturated heterocycles. The topological polar surface area (TPSA) is 145 Å². The van der Waals surface area contributed by atoms with E-state index in [0.29, 0.717) is 24.6 Å². The van der Waals surface area contributed by atoms with Gasteiger partial charge in [-0.25, -0.2) is 13.2 Å². The van der Waals surface area contributed by atoms with Crippen LogP contribution >= 0.6 is 11.3 Å². The van der Waals surface area contributed by atoms with E-state index in [0.717, 1.165) is 6.07 Å². The van der Waals surface area contributed by atoms with E-state index in [1.54, 1.807) is 6.92 Å². The third-order valence-electron chi connectivity index (χ3n) is 4.35. The van der Waals surface area contributed by atoms with E-state index in [-0.39, 0.29) is 45.7 Å². The summed E-state index contributed by atoms with van der Waals surface area (Å²) in [6, 6.07) is 6.31. The number of anilines is 1. The van der Waals surface area contributed by atoms with Gasteiger partial charge in [-0.3, -0.25) is 14.9 Å². The molecular formula is C18H19N3O8S2.